The summed E-state index contributed by atoms with van der Waals surface area (Å²) in [7, 11) is 1.29. The molecule has 1 heterocycles. The minimum atomic E-state index is -0.875. The van der Waals surface area contributed by atoms with Gasteiger partial charge in [0.1, 0.15) is 0 Å². The third kappa shape index (κ3) is 2.99. The number of esters is 2. The van der Waals surface area contributed by atoms with Crippen LogP contribution < -0.4 is 0 Å². The minimum Gasteiger partial charge on any atom is -0.465 e. The molecular weight excluding hydrogens is 274 g/mol. The lowest BCUT2D eigenvalue weighted by Crippen LogP contribution is -2.26. The number of aryl methyl sites for hydroxylation is 1. The van der Waals surface area contributed by atoms with E-state index in [2.05, 4.69) is 4.98 Å². The molecule has 0 spiro atoms. The normalized spacial score (nSPS) is 15.4. The van der Waals surface area contributed by atoms with Crippen molar-refractivity contribution >= 4 is 17.7 Å². The first-order valence-electron chi connectivity index (χ1n) is 6.89. The molecule has 114 valence electrons. The van der Waals surface area contributed by atoms with E-state index in [9.17, 15) is 14.4 Å². The summed E-state index contributed by atoms with van der Waals surface area (Å²) in [6.45, 7) is 4.89. The SMILES string of the molecule is COC(=O)c1c(C)[nH]c(C(=O)[C@@H](C)OC(=O)C2CC2)c1C. The Balaban J connectivity index is 2.18. The van der Waals surface area contributed by atoms with Gasteiger partial charge in [0, 0.05) is 5.69 Å². The van der Waals surface area contributed by atoms with Crippen molar-refractivity contribution < 1.29 is 23.9 Å². The first-order valence-corrected chi connectivity index (χ1v) is 6.89. The molecule has 1 aliphatic rings. The zero-order valence-corrected chi connectivity index (χ0v) is 12.6. The van der Waals surface area contributed by atoms with E-state index >= 15 is 0 Å². The molecule has 2 rings (SSSR count). The highest BCUT2D eigenvalue weighted by Gasteiger charge is 2.34. The van der Waals surface area contributed by atoms with Crippen molar-refractivity contribution in [1.29, 1.82) is 0 Å². The van der Waals surface area contributed by atoms with Gasteiger partial charge in [-0.25, -0.2) is 4.79 Å². The zero-order valence-electron chi connectivity index (χ0n) is 12.6. The summed E-state index contributed by atoms with van der Waals surface area (Å²) in [4.78, 5) is 38.5. The van der Waals surface area contributed by atoms with Crippen LogP contribution >= 0.6 is 0 Å². The standard InChI is InChI=1S/C15H19NO5/c1-7-11(15(19)20-4)8(2)16-12(7)13(17)9(3)21-14(18)10-5-6-10/h9-10,16H,5-6H2,1-4H3/t9-/m1/s1. The molecule has 1 aromatic heterocycles. The predicted octanol–water partition coefficient (Wildman–Crippen LogP) is 1.94. The van der Waals surface area contributed by atoms with Crippen LogP contribution in [0.4, 0.5) is 0 Å². The van der Waals surface area contributed by atoms with Gasteiger partial charge in [0.05, 0.1) is 24.3 Å². The molecule has 6 heteroatoms. The largest absolute Gasteiger partial charge is 0.465 e. The molecule has 0 radical (unpaired) electrons. The van der Waals surface area contributed by atoms with E-state index in [0.717, 1.165) is 12.8 Å². The summed E-state index contributed by atoms with van der Waals surface area (Å²) >= 11 is 0. The lowest BCUT2D eigenvalue weighted by atomic mass is 10.1. The van der Waals surface area contributed by atoms with Crippen molar-refractivity contribution in [3.63, 3.8) is 0 Å². The topological polar surface area (TPSA) is 85.5 Å². The van der Waals surface area contributed by atoms with E-state index in [4.69, 9.17) is 9.47 Å². The van der Waals surface area contributed by atoms with Gasteiger partial charge >= 0.3 is 11.9 Å². The summed E-state index contributed by atoms with van der Waals surface area (Å²) < 4.78 is 9.86. The Hall–Kier alpha value is -2.11. The fraction of sp³-hybridized carbons (Fsp3) is 0.533. The molecule has 1 aliphatic carbocycles. The number of nitrogens with one attached hydrogen (secondary N) is 1. The maximum atomic E-state index is 12.4. The van der Waals surface area contributed by atoms with Crippen molar-refractivity contribution in [2.45, 2.75) is 39.7 Å². The number of rotatable bonds is 5. The number of hydrogen-bond acceptors (Lipinski definition) is 5. The molecule has 0 amide bonds. The third-order valence-corrected chi connectivity index (χ3v) is 3.65. The number of Topliss-reactive ketones (excluding diaryl/α,β-unsaturated/α-hetero) is 1. The van der Waals surface area contributed by atoms with E-state index < -0.39 is 12.1 Å². The van der Waals surface area contributed by atoms with Gasteiger partial charge in [0.2, 0.25) is 5.78 Å². The molecule has 0 aliphatic heterocycles. The lowest BCUT2D eigenvalue weighted by molar-refractivity contribution is -0.147. The number of hydrogen-bond donors (Lipinski definition) is 1. The fourth-order valence-electron chi connectivity index (χ4n) is 2.25. The molecule has 1 aromatic rings. The van der Waals surface area contributed by atoms with Crippen LogP contribution in [-0.4, -0.2) is 35.9 Å². The molecule has 1 atom stereocenters. The molecule has 0 bridgehead atoms. The fourth-order valence-corrected chi connectivity index (χ4v) is 2.25. The second-order valence-electron chi connectivity index (χ2n) is 5.33. The smallest absolute Gasteiger partial charge is 0.339 e. The summed E-state index contributed by atoms with van der Waals surface area (Å²) in [6.07, 6.45) is 0.778. The van der Waals surface area contributed by atoms with Gasteiger partial charge in [-0.2, -0.15) is 0 Å². The van der Waals surface area contributed by atoms with Gasteiger partial charge in [-0.1, -0.05) is 0 Å². The Kier molecular flexibility index (Phi) is 4.16. The van der Waals surface area contributed by atoms with Crippen LogP contribution in [0.25, 0.3) is 0 Å². The highest BCUT2D eigenvalue weighted by molar-refractivity contribution is 6.04. The van der Waals surface area contributed by atoms with Crippen LogP contribution in [0.15, 0.2) is 0 Å². The predicted molar refractivity (Wildman–Crippen MR) is 74.2 cm³/mol. The molecule has 0 saturated heterocycles. The third-order valence-electron chi connectivity index (χ3n) is 3.65. The van der Waals surface area contributed by atoms with Crippen LogP contribution in [0.5, 0.6) is 0 Å². The van der Waals surface area contributed by atoms with Gasteiger partial charge in [-0.3, -0.25) is 9.59 Å². The first-order chi connectivity index (χ1) is 9.86. The van der Waals surface area contributed by atoms with E-state index in [0.29, 0.717) is 16.8 Å². The van der Waals surface area contributed by atoms with Crippen LogP contribution in [-0.2, 0) is 14.3 Å². The van der Waals surface area contributed by atoms with Gasteiger partial charge in [0.15, 0.2) is 6.10 Å². The molecule has 6 nitrogen and oxygen atoms in total. The van der Waals surface area contributed by atoms with E-state index in [-0.39, 0.29) is 23.4 Å². The van der Waals surface area contributed by atoms with Gasteiger partial charge in [0.25, 0.3) is 0 Å². The summed E-state index contributed by atoms with van der Waals surface area (Å²) in [5, 5.41) is 0. The molecule has 0 unspecified atom stereocenters. The average molecular weight is 293 g/mol. The number of aromatic nitrogens is 1. The quantitative estimate of drug-likeness (QED) is 0.662. The molecule has 0 aromatic carbocycles. The number of ketones is 1. The molecule has 21 heavy (non-hydrogen) atoms. The van der Waals surface area contributed by atoms with E-state index in [1.807, 2.05) is 0 Å². The summed E-state index contributed by atoms with van der Waals surface area (Å²) in [5.41, 5.74) is 1.70. The van der Waals surface area contributed by atoms with Crippen LogP contribution in [0, 0.1) is 19.8 Å². The Labute approximate surface area is 122 Å². The van der Waals surface area contributed by atoms with Crippen molar-refractivity contribution in [2.24, 2.45) is 5.92 Å². The molecular formula is C15H19NO5. The maximum Gasteiger partial charge on any atom is 0.339 e. The van der Waals surface area contributed by atoms with Crippen LogP contribution in [0.2, 0.25) is 0 Å². The number of carbonyl (C=O) groups excluding carboxylic acids is 3. The van der Waals surface area contributed by atoms with Crippen LogP contribution in [0.3, 0.4) is 0 Å². The second kappa shape index (κ2) is 5.71. The van der Waals surface area contributed by atoms with Gasteiger partial charge < -0.3 is 14.5 Å². The minimum absolute atomic E-state index is 0.0580. The summed E-state index contributed by atoms with van der Waals surface area (Å²) in [5.74, 6) is -1.23. The number of carbonyl (C=O) groups is 3. The van der Waals surface area contributed by atoms with Crippen molar-refractivity contribution in [1.82, 2.24) is 4.98 Å². The highest BCUT2D eigenvalue weighted by Crippen LogP contribution is 2.31. The Morgan fingerprint density at radius 1 is 1.24 bits per heavy atom. The van der Waals surface area contributed by atoms with E-state index in [1.54, 1.807) is 13.8 Å². The Morgan fingerprint density at radius 3 is 2.38 bits per heavy atom. The van der Waals surface area contributed by atoms with Gasteiger partial charge in [-0.05, 0) is 39.2 Å². The molecule has 1 N–H and O–H groups in total. The number of aromatic amines is 1. The van der Waals surface area contributed by atoms with Gasteiger partial charge in [-0.15, -0.1) is 0 Å². The Bertz CT molecular complexity index is 597. The van der Waals surface area contributed by atoms with Crippen LogP contribution in [0.1, 0.15) is 51.9 Å². The Morgan fingerprint density at radius 2 is 1.86 bits per heavy atom. The molecule has 1 fully saturated rings. The van der Waals surface area contributed by atoms with Crippen molar-refractivity contribution in [3.8, 4) is 0 Å². The van der Waals surface area contributed by atoms with Crippen molar-refractivity contribution in [2.75, 3.05) is 7.11 Å². The first kappa shape index (κ1) is 15.3. The molecule has 1 saturated carbocycles. The maximum absolute atomic E-state index is 12.4. The van der Waals surface area contributed by atoms with Crippen molar-refractivity contribution in [3.05, 3.63) is 22.5 Å². The monoisotopic (exact) mass is 293 g/mol. The highest BCUT2D eigenvalue weighted by atomic mass is 16.5. The second-order valence-corrected chi connectivity index (χ2v) is 5.33. The summed E-state index contributed by atoms with van der Waals surface area (Å²) in [6, 6.07) is 0. The van der Waals surface area contributed by atoms with E-state index in [1.165, 1.54) is 14.0 Å². The number of methoxy groups -OCH3 is 1. The number of ether oxygens (including phenoxy) is 2. The number of H-pyrrole nitrogens is 1. The average Bonchev–Trinajstić information content (AvgIpc) is 3.24. The lowest BCUT2D eigenvalue weighted by Gasteiger charge is -2.11. The zero-order chi connectivity index (χ0) is 15.7.